The lowest BCUT2D eigenvalue weighted by Gasteiger charge is -2.26. The number of fused-ring (bicyclic) bond motifs is 1. The van der Waals surface area contributed by atoms with Crippen molar-refractivity contribution >= 4 is 27.9 Å². The summed E-state index contributed by atoms with van der Waals surface area (Å²) >= 11 is 1.39. The fourth-order valence-corrected chi connectivity index (χ4v) is 3.22. The number of nitrogens with zero attached hydrogens (tertiary/aromatic N) is 4. The van der Waals surface area contributed by atoms with Crippen LogP contribution in [0.2, 0.25) is 0 Å². The predicted octanol–water partition coefficient (Wildman–Crippen LogP) is 1.01. The van der Waals surface area contributed by atoms with E-state index in [-0.39, 0.29) is 10.7 Å². The van der Waals surface area contributed by atoms with E-state index in [2.05, 4.69) is 20.5 Å². The predicted molar refractivity (Wildman–Crippen MR) is 82.1 cm³/mol. The number of hydrogen-bond acceptors (Lipinski definition) is 7. The minimum atomic E-state index is -0.384. The van der Waals surface area contributed by atoms with Gasteiger partial charge in [0.1, 0.15) is 6.20 Å². The van der Waals surface area contributed by atoms with Crippen LogP contribution in [0.25, 0.3) is 4.96 Å². The van der Waals surface area contributed by atoms with E-state index in [1.165, 1.54) is 15.7 Å². The summed E-state index contributed by atoms with van der Waals surface area (Å²) in [4.78, 5) is 18.1. The van der Waals surface area contributed by atoms with Crippen LogP contribution < -0.4 is 10.6 Å². The van der Waals surface area contributed by atoms with Crippen LogP contribution in [0, 0.1) is 10.1 Å². The second-order valence-corrected chi connectivity index (χ2v) is 5.84. The lowest BCUT2D eigenvalue weighted by atomic mass is 10.3. The molecule has 9 heteroatoms. The molecule has 8 nitrogen and oxygen atoms in total. The first kappa shape index (κ1) is 14.2. The molecular weight excluding hydrogens is 292 g/mol. The molecule has 0 radical (unpaired) electrons. The summed E-state index contributed by atoms with van der Waals surface area (Å²) < 4.78 is 1.52. The van der Waals surface area contributed by atoms with Gasteiger partial charge in [0, 0.05) is 38.1 Å². The third-order valence-corrected chi connectivity index (χ3v) is 4.32. The molecule has 0 aliphatic carbocycles. The molecule has 0 bridgehead atoms. The number of nitro groups is 1. The van der Waals surface area contributed by atoms with Crippen molar-refractivity contribution in [3.63, 3.8) is 0 Å². The third kappa shape index (κ3) is 3.14. The van der Waals surface area contributed by atoms with Crippen LogP contribution in [0.15, 0.2) is 11.6 Å². The monoisotopic (exact) mass is 310 g/mol. The highest BCUT2D eigenvalue weighted by Gasteiger charge is 2.23. The quantitative estimate of drug-likeness (QED) is 0.470. The first-order valence-electron chi connectivity index (χ1n) is 7.02. The van der Waals surface area contributed by atoms with E-state index in [9.17, 15) is 10.1 Å². The molecule has 21 heavy (non-hydrogen) atoms. The lowest BCUT2D eigenvalue weighted by molar-refractivity contribution is -0.389. The van der Waals surface area contributed by atoms with Crippen molar-refractivity contribution in [2.24, 2.45) is 0 Å². The second kappa shape index (κ2) is 6.37. The van der Waals surface area contributed by atoms with Gasteiger partial charge in [-0.2, -0.15) is 9.38 Å². The van der Waals surface area contributed by atoms with Crippen molar-refractivity contribution in [2.45, 2.75) is 6.42 Å². The Hall–Kier alpha value is -1.71. The van der Waals surface area contributed by atoms with Gasteiger partial charge in [0.15, 0.2) is 0 Å². The van der Waals surface area contributed by atoms with Crippen LogP contribution in [0.3, 0.4) is 0 Å². The fraction of sp³-hybridized carbons (Fsp3) is 0.583. The summed E-state index contributed by atoms with van der Waals surface area (Å²) in [7, 11) is 0. The number of rotatable bonds is 6. The highest BCUT2D eigenvalue weighted by atomic mass is 32.1. The second-order valence-electron chi connectivity index (χ2n) is 4.97. The number of piperazine rings is 1. The van der Waals surface area contributed by atoms with Gasteiger partial charge in [-0.05, 0) is 17.9 Å². The molecule has 1 aliphatic rings. The number of anilines is 1. The summed E-state index contributed by atoms with van der Waals surface area (Å²) in [5, 5.41) is 19.4. The van der Waals surface area contributed by atoms with Crippen molar-refractivity contribution in [2.75, 3.05) is 44.6 Å². The number of imidazole rings is 1. The van der Waals surface area contributed by atoms with Crippen molar-refractivity contribution in [1.29, 1.82) is 0 Å². The number of thiazole rings is 1. The van der Waals surface area contributed by atoms with Gasteiger partial charge in [-0.1, -0.05) is 11.3 Å². The third-order valence-electron chi connectivity index (χ3n) is 3.56. The lowest BCUT2D eigenvalue weighted by Crippen LogP contribution is -2.44. The van der Waals surface area contributed by atoms with Crippen molar-refractivity contribution in [3.05, 3.63) is 21.7 Å². The van der Waals surface area contributed by atoms with E-state index in [4.69, 9.17) is 0 Å². The molecular formula is C12H18N6O2S. The fourth-order valence-electron chi connectivity index (χ4n) is 2.51. The molecule has 0 amide bonds. The van der Waals surface area contributed by atoms with Gasteiger partial charge in [0.25, 0.3) is 4.96 Å². The number of hydrogen-bond donors (Lipinski definition) is 2. The first-order chi connectivity index (χ1) is 10.3. The minimum absolute atomic E-state index is 0.0217. The first-order valence-corrected chi connectivity index (χ1v) is 7.90. The Kier molecular flexibility index (Phi) is 4.32. The number of nitrogens with one attached hydrogen (secondary N) is 2. The highest BCUT2D eigenvalue weighted by Crippen LogP contribution is 2.27. The smallest absolute Gasteiger partial charge is 0.363 e. The SMILES string of the molecule is O=[N+]([O-])c1c(NCCCN2CCNCC2)nc2sccn12. The van der Waals surface area contributed by atoms with Crippen LogP contribution in [-0.4, -0.2) is 58.5 Å². The molecule has 1 aliphatic heterocycles. The summed E-state index contributed by atoms with van der Waals surface area (Å²) in [6.07, 6.45) is 2.62. The van der Waals surface area contributed by atoms with E-state index < -0.39 is 0 Å². The summed E-state index contributed by atoms with van der Waals surface area (Å²) in [6, 6.07) is 0. The van der Waals surface area contributed by atoms with Crippen molar-refractivity contribution in [3.8, 4) is 0 Å². The van der Waals surface area contributed by atoms with Crippen LogP contribution in [0.5, 0.6) is 0 Å². The molecule has 1 fully saturated rings. The standard InChI is InChI=1S/C12H18N6O2S/c19-18(20)11-10(15-12-17(11)8-9-21-12)14-2-1-5-16-6-3-13-4-7-16/h8-9,13-14H,1-7H2. The number of aromatic nitrogens is 2. The molecule has 3 rings (SSSR count). The Bertz CT molecular complexity index is 618. The van der Waals surface area contributed by atoms with Gasteiger partial charge < -0.3 is 25.6 Å². The molecule has 0 saturated carbocycles. The zero-order valence-corrected chi connectivity index (χ0v) is 12.4. The van der Waals surface area contributed by atoms with Gasteiger partial charge in [-0.15, -0.1) is 0 Å². The Balaban J connectivity index is 1.56. The maximum Gasteiger partial charge on any atom is 0.372 e. The van der Waals surface area contributed by atoms with Crippen LogP contribution in [-0.2, 0) is 0 Å². The molecule has 2 N–H and O–H groups in total. The molecule has 114 valence electrons. The summed E-state index contributed by atoms with van der Waals surface area (Å²) in [6.45, 7) is 5.91. The molecule has 2 aromatic heterocycles. The van der Waals surface area contributed by atoms with Crippen LogP contribution in [0.4, 0.5) is 11.6 Å². The highest BCUT2D eigenvalue weighted by molar-refractivity contribution is 7.15. The Morgan fingerprint density at radius 1 is 1.48 bits per heavy atom. The average molecular weight is 310 g/mol. The molecule has 1 saturated heterocycles. The van der Waals surface area contributed by atoms with Gasteiger partial charge in [-0.25, -0.2) is 0 Å². The largest absolute Gasteiger partial charge is 0.372 e. The van der Waals surface area contributed by atoms with E-state index in [1.807, 2.05) is 0 Å². The molecule has 3 heterocycles. The van der Waals surface area contributed by atoms with Crippen molar-refractivity contribution in [1.82, 2.24) is 19.6 Å². The minimum Gasteiger partial charge on any atom is -0.363 e. The molecule has 0 aromatic carbocycles. The maximum absolute atomic E-state index is 11.2. The van der Waals surface area contributed by atoms with Crippen LogP contribution in [0.1, 0.15) is 6.42 Å². The zero-order chi connectivity index (χ0) is 14.7. The van der Waals surface area contributed by atoms with Gasteiger partial charge in [-0.3, -0.25) is 0 Å². The molecule has 0 atom stereocenters. The molecule has 0 spiro atoms. The Morgan fingerprint density at radius 2 is 2.29 bits per heavy atom. The summed E-state index contributed by atoms with van der Waals surface area (Å²) in [5.41, 5.74) is 0. The maximum atomic E-state index is 11.2. The van der Waals surface area contributed by atoms with Gasteiger partial charge in [0.2, 0.25) is 5.82 Å². The van der Waals surface area contributed by atoms with E-state index in [0.717, 1.165) is 39.1 Å². The topological polar surface area (TPSA) is 87.7 Å². The molecule has 0 unspecified atom stereocenters. The Labute approximate surface area is 125 Å². The van der Waals surface area contributed by atoms with Crippen molar-refractivity contribution < 1.29 is 4.92 Å². The van der Waals surface area contributed by atoms with E-state index in [1.54, 1.807) is 11.6 Å². The molecule has 2 aromatic rings. The summed E-state index contributed by atoms with van der Waals surface area (Å²) in [5.74, 6) is 0.389. The zero-order valence-electron chi connectivity index (χ0n) is 11.6. The average Bonchev–Trinajstić information content (AvgIpc) is 3.04. The van der Waals surface area contributed by atoms with E-state index >= 15 is 0 Å². The van der Waals surface area contributed by atoms with Crippen LogP contribution >= 0.6 is 11.3 Å². The Morgan fingerprint density at radius 3 is 3.05 bits per heavy atom. The van der Waals surface area contributed by atoms with Gasteiger partial charge >= 0.3 is 5.82 Å². The van der Waals surface area contributed by atoms with E-state index in [0.29, 0.717) is 17.3 Å². The normalized spacial score (nSPS) is 16.4. The van der Waals surface area contributed by atoms with Gasteiger partial charge in [0.05, 0.1) is 0 Å².